The summed E-state index contributed by atoms with van der Waals surface area (Å²) in [5.74, 6) is 0.756. The van der Waals surface area contributed by atoms with E-state index in [0.29, 0.717) is 16.6 Å². The number of halogens is 1. The van der Waals surface area contributed by atoms with Gasteiger partial charge in [0.1, 0.15) is 5.75 Å². The fourth-order valence-corrected chi connectivity index (χ4v) is 5.42. The van der Waals surface area contributed by atoms with Crippen molar-refractivity contribution in [3.05, 3.63) is 98.6 Å². The van der Waals surface area contributed by atoms with E-state index in [4.69, 9.17) is 9.73 Å². The second-order valence-corrected chi connectivity index (χ2v) is 9.96. The summed E-state index contributed by atoms with van der Waals surface area (Å²) in [5, 5.41) is 1.87. The first-order valence-corrected chi connectivity index (χ1v) is 12.8. The number of para-hydroxylation sites is 1. The molecule has 7 heteroatoms. The summed E-state index contributed by atoms with van der Waals surface area (Å²) in [6.45, 7) is 0.548. The standard InChI is InChI=1S/C27H22IN3O2S/c1-33-21-12-10-20(11-13-21)30-27-31(15-14-19-17-29-24-9-5-3-7-22(19)24)26(32)25(34-27)16-18-6-2-4-8-23(18)28/h2-13,16-17,29H,14-15H2,1H3/b25-16-,30-27?. The van der Waals surface area contributed by atoms with Crippen LogP contribution >= 0.6 is 34.4 Å². The molecule has 0 spiro atoms. The van der Waals surface area contributed by atoms with E-state index in [-0.39, 0.29) is 5.91 Å². The molecule has 1 aliphatic heterocycles. The third kappa shape index (κ3) is 4.76. The Labute approximate surface area is 216 Å². The van der Waals surface area contributed by atoms with Gasteiger partial charge < -0.3 is 9.72 Å². The Balaban J connectivity index is 1.46. The lowest BCUT2D eigenvalue weighted by atomic mass is 10.1. The average Bonchev–Trinajstić information content (AvgIpc) is 3.40. The first-order chi connectivity index (χ1) is 16.6. The third-order valence-electron chi connectivity index (χ3n) is 5.66. The first-order valence-electron chi connectivity index (χ1n) is 10.9. The number of aromatic nitrogens is 1. The summed E-state index contributed by atoms with van der Waals surface area (Å²) < 4.78 is 6.36. The minimum atomic E-state index is -0.0169. The molecule has 0 saturated carbocycles. The largest absolute Gasteiger partial charge is 0.497 e. The molecular formula is C27H22IN3O2S. The number of amidine groups is 1. The minimum absolute atomic E-state index is 0.0169. The molecule has 3 aromatic carbocycles. The van der Waals surface area contributed by atoms with Crippen molar-refractivity contribution in [2.45, 2.75) is 6.42 Å². The molecule has 0 bridgehead atoms. The van der Waals surface area contributed by atoms with Gasteiger partial charge >= 0.3 is 0 Å². The fourth-order valence-electron chi connectivity index (χ4n) is 3.86. The number of rotatable bonds is 6. The van der Waals surface area contributed by atoms with Crippen molar-refractivity contribution in [3.8, 4) is 5.75 Å². The van der Waals surface area contributed by atoms with Crippen molar-refractivity contribution in [1.82, 2.24) is 9.88 Å². The summed E-state index contributed by atoms with van der Waals surface area (Å²) >= 11 is 3.72. The van der Waals surface area contributed by atoms with E-state index in [2.05, 4.69) is 39.7 Å². The van der Waals surface area contributed by atoms with Crippen molar-refractivity contribution >= 4 is 68.1 Å². The number of methoxy groups -OCH3 is 1. The quantitative estimate of drug-likeness (QED) is 0.206. The monoisotopic (exact) mass is 579 g/mol. The molecule has 0 radical (unpaired) electrons. The van der Waals surface area contributed by atoms with E-state index in [1.54, 1.807) is 12.0 Å². The number of aromatic amines is 1. The molecule has 1 amide bonds. The highest BCUT2D eigenvalue weighted by Gasteiger charge is 2.33. The molecule has 1 saturated heterocycles. The van der Waals surface area contributed by atoms with Crippen LogP contribution in [0.1, 0.15) is 11.1 Å². The molecule has 0 unspecified atom stereocenters. The topological polar surface area (TPSA) is 57.7 Å². The van der Waals surface area contributed by atoms with Gasteiger partial charge in [0.15, 0.2) is 5.17 Å². The van der Waals surface area contributed by atoms with Crippen molar-refractivity contribution in [1.29, 1.82) is 0 Å². The zero-order chi connectivity index (χ0) is 23.5. The summed E-state index contributed by atoms with van der Waals surface area (Å²) in [7, 11) is 1.64. The van der Waals surface area contributed by atoms with Gasteiger partial charge in [-0.05, 0) is 94.4 Å². The van der Waals surface area contributed by atoms with E-state index in [1.807, 2.05) is 72.9 Å². The summed E-state index contributed by atoms with van der Waals surface area (Å²) in [6, 6.07) is 23.8. The number of carbonyl (C=O) groups excluding carboxylic acids is 1. The smallest absolute Gasteiger partial charge is 0.266 e. The Hall–Kier alpha value is -3.04. The lowest BCUT2D eigenvalue weighted by Gasteiger charge is -2.15. The maximum Gasteiger partial charge on any atom is 0.266 e. The average molecular weight is 579 g/mol. The maximum atomic E-state index is 13.5. The number of fused-ring (bicyclic) bond motifs is 1. The number of hydrogen-bond acceptors (Lipinski definition) is 4. The van der Waals surface area contributed by atoms with Crippen LogP contribution in [0.15, 0.2) is 88.9 Å². The second-order valence-electron chi connectivity index (χ2n) is 7.79. The molecule has 0 atom stereocenters. The van der Waals surface area contributed by atoms with Gasteiger partial charge in [0.25, 0.3) is 5.91 Å². The van der Waals surface area contributed by atoms with E-state index >= 15 is 0 Å². The Morgan fingerprint density at radius 2 is 1.82 bits per heavy atom. The van der Waals surface area contributed by atoms with E-state index in [0.717, 1.165) is 32.5 Å². The molecule has 1 N–H and O–H groups in total. The van der Waals surface area contributed by atoms with Gasteiger partial charge in [0, 0.05) is 27.2 Å². The van der Waals surface area contributed by atoms with Crippen molar-refractivity contribution in [3.63, 3.8) is 0 Å². The Bertz CT molecular complexity index is 1410. The van der Waals surface area contributed by atoms with Crippen molar-refractivity contribution in [2.24, 2.45) is 4.99 Å². The van der Waals surface area contributed by atoms with Gasteiger partial charge in [-0.25, -0.2) is 4.99 Å². The highest BCUT2D eigenvalue weighted by Crippen LogP contribution is 2.35. The SMILES string of the molecule is COc1ccc(N=C2S/C(=C\c3ccccc3I)C(=O)N2CCc2c[nH]c3ccccc23)cc1. The van der Waals surface area contributed by atoms with Gasteiger partial charge in [0.05, 0.1) is 17.7 Å². The fraction of sp³-hybridized carbons (Fsp3) is 0.111. The Morgan fingerprint density at radius 1 is 1.06 bits per heavy atom. The van der Waals surface area contributed by atoms with Crippen LogP contribution < -0.4 is 4.74 Å². The van der Waals surface area contributed by atoms with Crippen LogP contribution in [0, 0.1) is 3.57 Å². The second kappa shape index (κ2) is 10.1. The number of nitrogens with zero attached hydrogens (tertiary/aromatic N) is 2. The Morgan fingerprint density at radius 3 is 2.62 bits per heavy atom. The molecule has 2 heterocycles. The molecule has 5 rings (SSSR count). The van der Waals surface area contributed by atoms with Crippen LogP contribution in [0.2, 0.25) is 0 Å². The number of aliphatic imine (C=N–C) groups is 1. The highest BCUT2D eigenvalue weighted by molar-refractivity contribution is 14.1. The number of carbonyl (C=O) groups is 1. The number of amides is 1. The van der Waals surface area contributed by atoms with Gasteiger partial charge in [0.2, 0.25) is 0 Å². The number of thioether (sulfide) groups is 1. The van der Waals surface area contributed by atoms with E-state index in [9.17, 15) is 4.79 Å². The third-order valence-corrected chi connectivity index (χ3v) is 7.65. The molecule has 34 heavy (non-hydrogen) atoms. The maximum absolute atomic E-state index is 13.5. The van der Waals surface area contributed by atoms with Crippen molar-refractivity contribution in [2.75, 3.05) is 13.7 Å². The van der Waals surface area contributed by atoms with Crippen LogP contribution in [0.5, 0.6) is 5.75 Å². The molecule has 0 aliphatic carbocycles. The predicted octanol–water partition coefficient (Wildman–Crippen LogP) is 6.63. The number of ether oxygens (including phenoxy) is 1. The normalized spacial score (nSPS) is 16.2. The van der Waals surface area contributed by atoms with Crippen molar-refractivity contribution < 1.29 is 9.53 Å². The van der Waals surface area contributed by atoms with Gasteiger partial charge in [-0.1, -0.05) is 36.4 Å². The number of hydrogen-bond donors (Lipinski definition) is 1. The minimum Gasteiger partial charge on any atom is -0.497 e. The van der Waals surface area contributed by atoms with E-state index in [1.165, 1.54) is 22.7 Å². The Kier molecular flexibility index (Phi) is 6.73. The number of benzene rings is 3. The lowest BCUT2D eigenvalue weighted by Crippen LogP contribution is -2.31. The first kappa shape index (κ1) is 22.7. The van der Waals surface area contributed by atoms with Gasteiger partial charge in [-0.2, -0.15) is 0 Å². The summed E-state index contributed by atoms with van der Waals surface area (Å²) in [6.07, 6.45) is 4.72. The van der Waals surface area contributed by atoms with Crippen LogP contribution in [-0.4, -0.2) is 34.6 Å². The molecule has 5 nitrogen and oxygen atoms in total. The molecule has 4 aromatic rings. The molecule has 1 fully saturated rings. The van der Waals surface area contributed by atoms with Crippen LogP contribution in [0.3, 0.4) is 0 Å². The molecular weight excluding hydrogens is 557 g/mol. The summed E-state index contributed by atoms with van der Waals surface area (Å²) in [5.41, 5.74) is 4.10. The van der Waals surface area contributed by atoms with Gasteiger partial charge in [-0.15, -0.1) is 0 Å². The molecule has 1 aliphatic rings. The van der Waals surface area contributed by atoms with Gasteiger partial charge in [-0.3, -0.25) is 9.69 Å². The number of H-pyrrole nitrogens is 1. The van der Waals surface area contributed by atoms with Crippen LogP contribution in [0.25, 0.3) is 17.0 Å². The molecule has 170 valence electrons. The van der Waals surface area contributed by atoms with Crippen LogP contribution in [-0.2, 0) is 11.2 Å². The zero-order valence-electron chi connectivity index (χ0n) is 18.5. The molecule has 1 aromatic heterocycles. The predicted molar refractivity (Wildman–Crippen MR) is 149 cm³/mol. The highest BCUT2D eigenvalue weighted by atomic mass is 127. The lowest BCUT2D eigenvalue weighted by molar-refractivity contribution is -0.122. The van der Waals surface area contributed by atoms with Crippen LogP contribution in [0.4, 0.5) is 5.69 Å². The zero-order valence-corrected chi connectivity index (χ0v) is 21.5. The van der Waals surface area contributed by atoms with E-state index < -0.39 is 0 Å². The summed E-state index contributed by atoms with van der Waals surface area (Å²) in [4.78, 5) is 24.1. The number of nitrogens with one attached hydrogen (secondary N) is 1.